The lowest BCUT2D eigenvalue weighted by molar-refractivity contribution is -0.120. The topological polar surface area (TPSA) is 51.7 Å². The molecule has 1 aromatic heterocycles. The molecule has 1 aromatic carbocycles. The second kappa shape index (κ2) is 6.43. The lowest BCUT2D eigenvalue weighted by Crippen LogP contribution is -2.36. The van der Waals surface area contributed by atoms with Crippen molar-refractivity contribution in [3.05, 3.63) is 29.3 Å². The molecular weight excluding hydrogens is 312 g/mol. The van der Waals surface area contributed by atoms with Gasteiger partial charge in [0.1, 0.15) is 5.69 Å². The first-order valence-electron chi connectivity index (χ1n) is 6.48. The van der Waals surface area contributed by atoms with Crippen LogP contribution in [-0.4, -0.2) is 37.8 Å². The number of hydrogen-bond donors (Lipinski definition) is 0. The highest BCUT2D eigenvalue weighted by Gasteiger charge is 2.21. The van der Waals surface area contributed by atoms with Crippen LogP contribution in [0.4, 0.5) is 5.13 Å². The number of benzene rings is 1. The maximum atomic E-state index is 10.7. The monoisotopic (exact) mass is 324 g/mol. The molecule has 0 aliphatic carbocycles. The molecule has 0 saturated carbocycles. The first kappa shape index (κ1) is 14.3. The molecule has 5 nitrogen and oxygen atoms in total. The lowest BCUT2D eigenvalue weighted by Gasteiger charge is -2.25. The fourth-order valence-electron chi connectivity index (χ4n) is 2.13. The molecule has 0 radical (unpaired) electrons. The third-order valence-electron chi connectivity index (χ3n) is 3.15. The van der Waals surface area contributed by atoms with Crippen LogP contribution in [0.15, 0.2) is 24.3 Å². The van der Waals surface area contributed by atoms with Gasteiger partial charge in [-0.2, -0.15) is 0 Å². The van der Waals surface area contributed by atoms with E-state index in [0.29, 0.717) is 35.5 Å². The number of hydrogen-bond acceptors (Lipinski definition) is 6. The van der Waals surface area contributed by atoms with E-state index in [-0.39, 0.29) is 0 Å². The second-order valence-corrected chi connectivity index (χ2v) is 5.77. The number of carbonyl (C=O) groups is 1. The van der Waals surface area contributed by atoms with Gasteiger partial charge in [0.15, 0.2) is 5.13 Å². The van der Waals surface area contributed by atoms with E-state index in [2.05, 4.69) is 9.88 Å². The van der Waals surface area contributed by atoms with E-state index in [1.807, 2.05) is 18.2 Å². The summed E-state index contributed by atoms with van der Waals surface area (Å²) < 4.78 is 10.4. The van der Waals surface area contributed by atoms with Crippen molar-refractivity contribution in [1.29, 1.82) is 0 Å². The lowest BCUT2D eigenvalue weighted by atomic mass is 10.2. The number of halogens is 1. The Bertz CT molecular complexity index is 641. The Balaban J connectivity index is 2.00. The summed E-state index contributed by atoms with van der Waals surface area (Å²) >= 11 is 7.55. The van der Waals surface area contributed by atoms with Crippen molar-refractivity contribution >= 4 is 34.5 Å². The average molecular weight is 325 g/mol. The normalized spacial score (nSPS) is 15.0. The van der Waals surface area contributed by atoms with Gasteiger partial charge in [-0.3, -0.25) is 4.79 Å². The average Bonchev–Trinajstić information content (AvgIpc) is 2.93. The number of ether oxygens (including phenoxy) is 2. The molecule has 110 valence electrons. The summed E-state index contributed by atoms with van der Waals surface area (Å²) in [6.07, 6.45) is 0. The second-order valence-electron chi connectivity index (χ2n) is 4.43. The van der Waals surface area contributed by atoms with Crippen LogP contribution in [0.25, 0.3) is 11.3 Å². The smallest absolute Gasteiger partial charge is 0.299 e. The quantitative estimate of drug-likeness (QED) is 0.809. The van der Waals surface area contributed by atoms with Crippen molar-refractivity contribution in [3.63, 3.8) is 0 Å². The zero-order chi connectivity index (χ0) is 14.7. The maximum Gasteiger partial charge on any atom is 0.299 e. The van der Waals surface area contributed by atoms with Crippen molar-refractivity contribution < 1.29 is 14.3 Å². The van der Waals surface area contributed by atoms with Crippen LogP contribution in [0.2, 0.25) is 5.02 Å². The standard InChI is InChI=1S/C14H13ClN2O3S/c15-11-4-2-1-3-10(11)12-13(20-9-18)21-14(16-12)17-5-7-19-8-6-17/h1-4,9H,5-8H2. The van der Waals surface area contributed by atoms with Gasteiger partial charge in [-0.25, -0.2) is 4.98 Å². The third-order valence-corrected chi connectivity index (χ3v) is 4.49. The number of aromatic nitrogens is 1. The molecule has 1 fully saturated rings. The van der Waals surface area contributed by atoms with E-state index < -0.39 is 0 Å². The number of nitrogens with zero attached hydrogens (tertiary/aromatic N) is 2. The summed E-state index contributed by atoms with van der Waals surface area (Å²) in [5.41, 5.74) is 1.35. The Morgan fingerprint density at radius 2 is 2.10 bits per heavy atom. The number of morpholine rings is 1. The summed E-state index contributed by atoms with van der Waals surface area (Å²) in [5.74, 6) is 0. The molecule has 0 N–H and O–H groups in total. The minimum Gasteiger partial charge on any atom is -0.415 e. The number of rotatable bonds is 4. The van der Waals surface area contributed by atoms with Crippen LogP contribution in [0.1, 0.15) is 0 Å². The van der Waals surface area contributed by atoms with Gasteiger partial charge in [0, 0.05) is 18.7 Å². The van der Waals surface area contributed by atoms with Crippen molar-refractivity contribution in [2.45, 2.75) is 0 Å². The van der Waals surface area contributed by atoms with Gasteiger partial charge in [-0.05, 0) is 6.07 Å². The van der Waals surface area contributed by atoms with Gasteiger partial charge >= 0.3 is 0 Å². The van der Waals surface area contributed by atoms with Gasteiger partial charge in [-0.15, -0.1) is 0 Å². The van der Waals surface area contributed by atoms with E-state index in [1.165, 1.54) is 11.3 Å². The fourth-order valence-corrected chi connectivity index (χ4v) is 3.31. The number of anilines is 1. The summed E-state index contributed by atoms with van der Waals surface area (Å²) in [6.45, 7) is 3.30. The summed E-state index contributed by atoms with van der Waals surface area (Å²) in [7, 11) is 0. The summed E-state index contributed by atoms with van der Waals surface area (Å²) in [5, 5.41) is 1.84. The van der Waals surface area contributed by atoms with Crippen LogP contribution >= 0.6 is 22.9 Å². The van der Waals surface area contributed by atoms with Gasteiger partial charge < -0.3 is 14.4 Å². The van der Waals surface area contributed by atoms with E-state index in [4.69, 9.17) is 21.1 Å². The first-order chi connectivity index (χ1) is 10.3. The van der Waals surface area contributed by atoms with E-state index in [1.54, 1.807) is 6.07 Å². The molecule has 21 heavy (non-hydrogen) atoms. The van der Waals surface area contributed by atoms with Crippen LogP contribution in [0.3, 0.4) is 0 Å². The van der Waals surface area contributed by atoms with Crippen molar-refractivity contribution in [2.75, 3.05) is 31.2 Å². The molecule has 2 aromatic rings. The zero-order valence-corrected chi connectivity index (χ0v) is 12.7. The van der Waals surface area contributed by atoms with Crippen LogP contribution < -0.4 is 9.64 Å². The molecule has 7 heteroatoms. The zero-order valence-electron chi connectivity index (χ0n) is 11.1. The van der Waals surface area contributed by atoms with Gasteiger partial charge in [0.05, 0.1) is 18.2 Å². The Hall–Kier alpha value is -1.63. The minimum absolute atomic E-state index is 0.414. The van der Waals surface area contributed by atoms with E-state index >= 15 is 0 Å². The molecule has 1 aliphatic heterocycles. The fraction of sp³-hybridized carbons (Fsp3) is 0.286. The maximum absolute atomic E-state index is 10.7. The van der Waals surface area contributed by atoms with E-state index in [0.717, 1.165) is 23.8 Å². The molecule has 0 spiro atoms. The Labute approximate surface area is 131 Å². The summed E-state index contributed by atoms with van der Waals surface area (Å²) in [4.78, 5) is 17.4. The van der Waals surface area contributed by atoms with Gasteiger partial charge in [0.2, 0.25) is 5.06 Å². The first-order valence-corrected chi connectivity index (χ1v) is 7.68. The molecule has 2 heterocycles. The molecular formula is C14H13ClN2O3S. The third kappa shape index (κ3) is 3.02. The Kier molecular flexibility index (Phi) is 4.38. The highest BCUT2D eigenvalue weighted by Crippen LogP contribution is 2.41. The highest BCUT2D eigenvalue weighted by atomic mass is 35.5. The molecule has 1 saturated heterocycles. The van der Waals surface area contributed by atoms with Crippen LogP contribution in [0, 0.1) is 0 Å². The van der Waals surface area contributed by atoms with E-state index in [9.17, 15) is 4.79 Å². The molecule has 0 bridgehead atoms. The predicted octanol–water partition coefficient (Wildman–Crippen LogP) is 2.84. The summed E-state index contributed by atoms with van der Waals surface area (Å²) in [6, 6.07) is 7.37. The van der Waals surface area contributed by atoms with Gasteiger partial charge in [0.25, 0.3) is 6.47 Å². The predicted molar refractivity (Wildman–Crippen MR) is 82.3 cm³/mol. The number of thiazole rings is 1. The SMILES string of the molecule is O=COc1sc(N2CCOCC2)nc1-c1ccccc1Cl. The molecule has 1 aliphatic rings. The Morgan fingerprint density at radius 3 is 2.81 bits per heavy atom. The van der Waals surface area contributed by atoms with Gasteiger partial charge in [-0.1, -0.05) is 41.1 Å². The van der Waals surface area contributed by atoms with Crippen LogP contribution in [0.5, 0.6) is 5.06 Å². The molecule has 0 atom stereocenters. The minimum atomic E-state index is 0.414. The molecule has 3 rings (SSSR count). The molecule has 0 unspecified atom stereocenters. The van der Waals surface area contributed by atoms with Crippen LogP contribution in [-0.2, 0) is 9.53 Å². The molecule has 0 amide bonds. The van der Waals surface area contributed by atoms with Crippen molar-refractivity contribution in [1.82, 2.24) is 4.98 Å². The highest BCUT2D eigenvalue weighted by molar-refractivity contribution is 7.18. The number of carbonyl (C=O) groups excluding carboxylic acids is 1. The van der Waals surface area contributed by atoms with Crippen molar-refractivity contribution in [3.8, 4) is 16.3 Å². The largest absolute Gasteiger partial charge is 0.415 e. The van der Waals surface area contributed by atoms with Crippen molar-refractivity contribution in [2.24, 2.45) is 0 Å². The Morgan fingerprint density at radius 1 is 1.33 bits per heavy atom.